The summed E-state index contributed by atoms with van der Waals surface area (Å²) in [5.74, 6) is 2.18. The Bertz CT molecular complexity index is 657. The molecule has 1 fully saturated rings. The first-order valence-corrected chi connectivity index (χ1v) is 8.85. The predicted octanol–water partition coefficient (Wildman–Crippen LogP) is 3.65. The van der Waals surface area contributed by atoms with Gasteiger partial charge in [-0.05, 0) is 23.6 Å². The van der Waals surface area contributed by atoms with Crippen LogP contribution in [-0.4, -0.2) is 37.3 Å². The van der Waals surface area contributed by atoms with E-state index in [-0.39, 0.29) is 11.3 Å². The SMILES string of the molecule is COc1ccc(C(=O)N2CCSC2c2cccs2)c(OC)c1. The van der Waals surface area contributed by atoms with Crippen molar-refractivity contribution < 1.29 is 14.3 Å². The molecule has 0 N–H and O–H groups in total. The molecule has 2 aromatic rings. The van der Waals surface area contributed by atoms with Gasteiger partial charge in [-0.1, -0.05) is 6.07 Å². The molecule has 0 saturated carbocycles. The highest BCUT2D eigenvalue weighted by molar-refractivity contribution is 7.99. The Balaban J connectivity index is 1.90. The zero-order valence-electron chi connectivity index (χ0n) is 12.4. The fraction of sp³-hybridized carbons (Fsp3) is 0.312. The van der Waals surface area contributed by atoms with Crippen molar-refractivity contribution in [3.8, 4) is 11.5 Å². The Morgan fingerprint density at radius 3 is 2.82 bits per heavy atom. The topological polar surface area (TPSA) is 38.8 Å². The standard InChI is InChI=1S/C16H17NO3S2/c1-19-11-5-6-12(13(10-11)20-2)15(18)17-7-9-22-16(17)14-4-3-8-21-14/h3-6,8,10,16H,7,9H2,1-2H3. The number of rotatable bonds is 4. The van der Waals surface area contributed by atoms with Gasteiger partial charge in [0, 0.05) is 23.2 Å². The van der Waals surface area contributed by atoms with Gasteiger partial charge in [0.15, 0.2) is 0 Å². The monoisotopic (exact) mass is 335 g/mol. The number of hydrogen-bond donors (Lipinski definition) is 0. The van der Waals surface area contributed by atoms with Crippen LogP contribution >= 0.6 is 23.1 Å². The highest BCUT2D eigenvalue weighted by atomic mass is 32.2. The van der Waals surface area contributed by atoms with Gasteiger partial charge in [-0.15, -0.1) is 23.1 Å². The number of thioether (sulfide) groups is 1. The van der Waals surface area contributed by atoms with Crippen molar-refractivity contribution in [3.63, 3.8) is 0 Å². The molecular weight excluding hydrogens is 318 g/mol. The van der Waals surface area contributed by atoms with Crippen LogP contribution in [0.25, 0.3) is 0 Å². The number of ether oxygens (including phenoxy) is 2. The van der Waals surface area contributed by atoms with Crippen LogP contribution in [0.15, 0.2) is 35.7 Å². The number of carbonyl (C=O) groups excluding carboxylic acids is 1. The molecule has 1 atom stereocenters. The quantitative estimate of drug-likeness (QED) is 0.855. The Kier molecular flexibility index (Phi) is 4.59. The van der Waals surface area contributed by atoms with E-state index in [9.17, 15) is 4.79 Å². The predicted molar refractivity (Wildman–Crippen MR) is 90.1 cm³/mol. The largest absolute Gasteiger partial charge is 0.497 e. The Hall–Kier alpha value is -1.66. The second-order valence-electron chi connectivity index (χ2n) is 4.80. The van der Waals surface area contributed by atoms with Crippen LogP contribution in [0.4, 0.5) is 0 Å². The molecule has 0 aliphatic carbocycles. The molecule has 1 amide bonds. The molecule has 0 radical (unpaired) electrons. The first-order chi connectivity index (χ1) is 10.7. The van der Waals surface area contributed by atoms with Gasteiger partial charge in [-0.25, -0.2) is 0 Å². The lowest BCUT2D eigenvalue weighted by atomic mass is 10.1. The van der Waals surface area contributed by atoms with Crippen LogP contribution in [0.1, 0.15) is 20.6 Å². The molecule has 22 heavy (non-hydrogen) atoms. The number of nitrogens with zero attached hydrogens (tertiary/aromatic N) is 1. The van der Waals surface area contributed by atoms with Crippen molar-refractivity contribution in [3.05, 3.63) is 46.2 Å². The fourth-order valence-electron chi connectivity index (χ4n) is 2.48. The Morgan fingerprint density at radius 1 is 1.27 bits per heavy atom. The van der Waals surface area contributed by atoms with E-state index < -0.39 is 0 Å². The number of benzene rings is 1. The van der Waals surface area contributed by atoms with Gasteiger partial charge in [0.2, 0.25) is 0 Å². The number of methoxy groups -OCH3 is 2. The minimum Gasteiger partial charge on any atom is -0.497 e. The molecule has 2 heterocycles. The molecule has 3 rings (SSSR count). The number of hydrogen-bond acceptors (Lipinski definition) is 5. The van der Waals surface area contributed by atoms with Crippen LogP contribution < -0.4 is 9.47 Å². The van der Waals surface area contributed by atoms with E-state index in [0.29, 0.717) is 17.1 Å². The third kappa shape index (κ3) is 2.80. The molecule has 1 unspecified atom stereocenters. The van der Waals surface area contributed by atoms with Gasteiger partial charge in [0.25, 0.3) is 5.91 Å². The number of amides is 1. The zero-order valence-corrected chi connectivity index (χ0v) is 14.1. The minimum atomic E-state index is 0.00269. The third-order valence-corrected chi connectivity index (χ3v) is 5.89. The summed E-state index contributed by atoms with van der Waals surface area (Å²) in [5, 5.41) is 2.14. The number of carbonyl (C=O) groups is 1. The van der Waals surface area contributed by atoms with E-state index in [0.717, 1.165) is 12.3 Å². The summed E-state index contributed by atoms with van der Waals surface area (Å²) in [7, 11) is 3.17. The second kappa shape index (κ2) is 6.62. The maximum atomic E-state index is 12.9. The molecule has 1 aliphatic heterocycles. The van der Waals surface area contributed by atoms with E-state index in [1.54, 1.807) is 55.5 Å². The molecule has 116 valence electrons. The first-order valence-electron chi connectivity index (χ1n) is 6.92. The molecule has 0 spiro atoms. The van der Waals surface area contributed by atoms with E-state index in [1.807, 2.05) is 16.3 Å². The average molecular weight is 335 g/mol. The fourth-order valence-corrected chi connectivity index (χ4v) is 4.71. The second-order valence-corrected chi connectivity index (χ2v) is 6.97. The van der Waals surface area contributed by atoms with Crippen LogP contribution in [0.5, 0.6) is 11.5 Å². The summed E-state index contributed by atoms with van der Waals surface area (Å²) in [5.41, 5.74) is 0.576. The highest BCUT2D eigenvalue weighted by Crippen LogP contribution is 2.41. The zero-order chi connectivity index (χ0) is 15.5. The summed E-state index contributed by atoms with van der Waals surface area (Å²) in [4.78, 5) is 16.1. The van der Waals surface area contributed by atoms with Crippen molar-refractivity contribution in [1.82, 2.24) is 4.90 Å². The molecule has 1 saturated heterocycles. The molecule has 1 aromatic heterocycles. The highest BCUT2D eigenvalue weighted by Gasteiger charge is 2.33. The normalized spacial score (nSPS) is 17.5. The molecule has 1 aliphatic rings. The van der Waals surface area contributed by atoms with Gasteiger partial charge >= 0.3 is 0 Å². The average Bonchev–Trinajstić information content (AvgIpc) is 3.23. The molecule has 1 aromatic carbocycles. The molecule has 6 heteroatoms. The van der Waals surface area contributed by atoms with Crippen molar-refractivity contribution in [2.45, 2.75) is 5.37 Å². The molecule has 4 nitrogen and oxygen atoms in total. The third-order valence-electron chi connectivity index (χ3n) is 3.58. The van der Waals surface area contributed by atoms with Crippen molar-refractivity contribution in [2.75, 3.05) is 26.5 Å². The van der Waals surface area contributed by atoms with Crippen LogP contribution in [0.3, 0.4) is 0 Å². The lowest BCUT2D eigenvalue weighted by Gasteiger charge is -2.24. The number of thiophene rings is 1. The van der Waals surface area contributed by atoms with E-state index in [4.69, 9.17) is 9.47 Å². The Labute approximate surface area is 138 Å². The van der Waals surface area contributed by atoms with E-state index in [2.05, 4.69) is 6.07 Å². The summed E-state index contributed by atoms with van der Waals surface area (Å²) >= 11 is 3.49. The lowest BCUT2D eigenvalue weighted by molar-refractivity contribution is 0.0758. The maximum absolute atomic E-state index is 12.9. The van der Waals surface area contributed by atoms with Crippen LogP contribution in [0, 0.1) is 0 Å². The van der Waals surface area contributed by atoms with Gasteiger partial charge in [-0.3, -0.25) is 4.79 Å². The summed E-state index contributed by atoms with van der Waals surface area (Å²) in [6, 6.07) is 9.42. The van der Waals surface area contributed by atoms with Crippen LogP contribution in [-0.2, 0) is 0 Å². The molecular formula is C16H17NO3S2. The van der Waals surface area contributed by atoms with Gasteiger partial charge in [0.1, 0.15) is 16.9 Å². The van der Waals surface area contributed by atoms with E-state index in [1.165, 1.54) is 4.88 Å². The maximum Gasteiger partial charge on any atom is 0.258 e. The smallest absolute Gasteiger partial charge is 0.258 e. The van der Waals surface area contributed by atoms with Crippen molar-refractivity contribution in [1.29, 1.82) is 0 Å². The van der Waals surface area contributed by atoms with Gasteiger partial charge < -0.3 is 14.4 Å². The minimum absolute atomic E-state index is 0.00269. The first kappa shape index (κ1) is 15.2. The van der Waals surface area contributed by atoms with Gasteiger partial charge in [-0.2, -0.15) is 0 Å². The molecule has 0 bridgehead atoms. The van der Waals surface area contributed by atoms with Gasteiger partial charge in [0.05, 0.1) is 19.8 Å². The lowest BCUT2D eigenvalue weighted by Crippen LogP contribution is -2.30. The summed E-state index contributed by atoms with van der Waals surface area (Å²) in [6.07, 6.45) is 0. The summed E-state index contributed by atoms with van der Waals surface area (Å²) in [6.45, 7) is 0.751. The van der Waals surface area contributed by atoms with E-state index >= 15 is 0 Å². The van der Waals surface area contributed by atoms with Crippen molar-refractivity contribution in [2.24, 2.45) is 0 Å². The van der Waals surface area contributed by atoms with Crippen LogP contribution in [0.2, 0.25) is 0 Å². The van der Waals surface area contributed by atoms with Crippen molar-refractivity contribution >= 4 is 29.0 Å². The summed E-state index contributed by atoms with van der Waals surface area (Å²) < 4.78 is 10.6. The Morgan fingerprint density at radius 2 is 2.14 bits per heavy atom.